The van der Waals surface area contributed by atoms with E-state index in [0.29, 0.717) is 11.6 Å². The number of aromatic nitrogens is 6. The van der Waals surface area contributed by atoms with Crippen LogP contribution in [-0.2, 0) is 10.8 Å². The molecule has 0 saturated heterocycles. The lowest BCUT2D eigenvalue weighted by Gasteiger charge is -2.21. The summed E-state index contributed by atoms with van der Waals surface area (Å²) in [5, 5.41) is 4.71. The van der Waals surface area contributed by atoms with Gasteiger partial charge in [0.05, 0.1) is 44.8 Å². The lowest BCUT2D eigenvalue weighted by molar-refractivity contribution is 0.661. The first-order valence-electron chi connectivity index (χ1n) is 31.8. The van der Waals surface area contributed by atoms with Gasteiger partial charge in [0, 0.05) is 77.1 Å². The quantitative estimate of drug-likeness (QED) is 0.144. The molecule has 16 aromatic rings. The fourth-order valence-corrected chi connectivity index (χ4v) is 15.0. The van der Waals surface area contributed by atoms with Crippen molar-refractivity contribution >= 4 is 43.6 Å². The van der Waals surface area contributed by atoms with Gasteiger partial charge in [0.15, 0.2) is 11.6 Å². The molecule has 2 aliphatic rings. The van der Waals surface area contributed by atoms with Crippen molar-refractivity contribution in [2.75, 3.05) is 0 Å². The van der Waals surface area contributed by atoms with Gasteiger partial charge in [0.25, 0.3) is 0 Å². The van der Waals surface area contributed by atoms with Gasteiger partial charge < -0.3 is 9.13 Å². The van der Waals surface area contributed by atoms with E-state index in [-0.39, 0.29) is 10.8 Å². The summed E-state index contributed by atoms with van der Waals surface area (Å²) in [7, 11) is 0. The Labute approximate surface area is 534 Å². The molecule has 0 fully saturated rings. The second kappa shape index (κ2) is 20.5. The number of rotatable bonds is 9. The van der Waals surface area contributed by atoms with Crippen molar-refractivity contribution in [1.29, 1.82) is 0 Å². The number of hydrogen-bond acceptors (Lipinski definition) is 4. The highest BCUT2D eigenvalue weighted by atomic mass is 15.0. The van der Waals surface area contributed by atoms with Crippen molar-refractivity contribution in [3.63, 3.8) is 0 Å². The zero-order valence-corrected chi connectivity index (χ0v) is 51.4. The summed E-state index contributed by atoms with van der Waals surface area (Å²) in [6, 6.07) is 105. The minimum absolute atomic E-state index is 0.172. The summed E-state index contributed by atoms with van der Waals surface area (Å²) < 4.78 is 4.90. The second-order valence-corrected chi connectivity index (χ2v) is 25.8. The van der Waals surface area contributed by atoms with E-state index in [1.54, 1.807) is 0 Å². The molecule has 6 heteroatoms. The molecular weight excluding hydrogens is 1120 g/mol. The first-order valence-corrected chi connectivity index (χ1v) is 31.8. The molecule has 0 atom stereocenters. The summed E-state index contributed by atoms with van der Waals surface area (Å²) in [5.74, 6) is 1.38. The molecule has 0 bridgehead atoms. The van der Waals surface area contributed by atoms with Crippen molar-refractivity contribution < 1.29 is 0 Å². The molecule has 6 nitrogen and oxygen atoms in total. The van der Waals surface area contributed by atoms with Crippen LogP contribution in [0.15, 0.2) is 291 Å². The Morgan fingerprint density at radius 3 is 0.880 bits per heavy atom. The molecular formula is C86H60N6. The van der Waals surface area contributed by atoms with Crippen molar-refractivity contribution in [1.82, 2.24) is 29.1 Å². The fourth-order valence-electron chi connectivity index (χ4n) is 15.0. The molecule has 434 valence electrons. The molecule has 12 aromatic carbocycles. The number of hydrogen-bond donors (Lipinski definition) is 0. The normalized spacial score (nSPS) is 13.4. The van der Waals surface area contributed by atoms with Gasteiger partial charge >= 0.3 is 0 Å². The molecule has 0 N–H and O–H groups in total. The van der Waals surface area contributed by atoms with Crippen LogP contribution in [0.1, 0.15) is 49.9 Å². The Kier molecular flexibility index (Phi) is 11.9. The van der Waals surface area contributed by atoms with Crippen molar-refractivity contribution in [2.45, 2.75) is 38.5 Å². The lowest BCUT2D eigenvalue weighted by Crippen LogP contribution is -2.14. The average molecular weight is 1180 g/mol. The Morgan fingerprint density at radius 2 is 0.533 bits per heavy atom. The Morgan fingerprint density at radius 1 is 0.228 bits per heavy atom. The van der Waals surface area contributed by atoms with E-state index >= 15 is 0 Å². The van der Waals surface area contributed by atoms with Crippen LogP contribution in [0.2, 0.25) is 0 Å². The highest BCUT2D eigenvalue weighted by molar-refractivity contribution is 6.14. The molecule has 18 rings (SSSR count). The molecule has 0 amide bonds. The van der Waals surface area contributed by atoms with Gasteiger partial charge in [-0.05, 0) is 153 Å². The van der Waals surface area contributed by atoms with E-state index < -0.39 is 0 Å². The average Bonchev–Trinajstić information content (AvgIpc) is 1.61. The van der Waals surface area contributed by atoms with E-state index in [1.807, 2.05) is 24.3 Å². The third-order valence-corrected chi connectivity index (χ3v) is 19.8. The van der Waals surface area contributed by atoms with Gasteiger partial charge in [-0.3, -0.25) is 0 Å². The lowest BCUT2D eigenvalue weighted by atomic mass is 9.82. The second-order valence-electron chi connectivity index (χ2n) is 25.8. The van der Waals surface area contributed by atoms with E-state index in [2.05, 4.69) is 304 Å². The van der Waals surface area contributed by atoms with Crippen LogP contribution in [0.4, 0.5) is 0 Å². The van der Waals surface area contributed by atoms with Gasteiger partial charge in [-0.15, -0.1) is 0 Å². The monoisotopic (exact) mass is 1180 g/mol. The Bertz CT molecular complexity index is 5180. The van der Waals surface area contributed by atoms with Crippen molar-refractivity contribution in [3.05, 3.63) is 313 Å². The van der Waals surface area contributed by atoms with Crippen LogP contribution in [-0.4, -0.2) is 29.1 Å². The van der Waals surface area contributed by atoms with E-state index in [0.717, 1.165) is 111 Å². The van der Waals surface area contributed by atoms with Gasteiger partial charge in [0.2, 0.25) is 0 Å². The largest absolute Gasteiger partial charge is 0.309 e. The Balaban J connectivity index is 0.754. The first-order chi connectivity index (χ1) is 45.1. The fraction of sp³-hybridized carbons (Fsp3) is 0.0698. The third-order valence-electron chi connectivity index (χ3n) is 19.8. The SMILES string of the molecule is CC1(C)c2ccccc2-c2cc3c(cc21)c1cc(-c2nc(-c4ccccc4)cc(-c4ccccc4)n2)ccc1n3-c1ccc(-c2ccc(-n3c4ccc(-c5nc(-c6ccccc6)cc(-c6ccccc6)n5)cc4c4cc5c(cc43)-c3ccccc3C5(C)C)cc2)cc1. The number of fused-ring (bicyclic) bond motifs is 12. The molecule has 92 heavy (non-hydrogen) atoms. The minimum atomic E-state index is -0.172. The van der Waals surface area contributed by atoms with Crippen LogP contribution >= 0.6 is 0 Å². The summed E-state index contributed by atoms with van der Waals surface area (Å²) in [5.41, 5.74) is 28.9. The molecule has 0 saturated carbocycles. The van der Waals surface area contributed by atoms with Gasteiger partial charge in [-0.2, -0.15) is 0 Å². The number of benzene rings is 12. The van der Waals surface area contributed by atoms with Crippen molar-refractivity contribution in [3.8, 4) is 113 Å². The Hall–Kier alpha value is -11.6. The topological polar surface area (TPSA) is 61.4 Å². The van der Waals surface area contributed by atoms with E-state index in [9.17, 15) is 0 Å². The van der Waals surface area contributed by atoms with Crippen LogP contribution in [0.3, 0.4) is 0 Å². The van der Waals surface area contributed by atoms with Gasteiger partial charge in [-0.25, -0.2) is 19.9 Å². The summed E-state index contributed by atoms with van der Waals surface area (Å²) in [6.45, 7) is 9.45. The highest BCUT2D eigenvalue weighted by Gasteiger charge is 2.38. The zero-order chi connectivity index (χ0) is 61.4. The molecule has 2 aliphatic carbocycles. The predicted octanol–water partition coefficient (Wildman–Crippen LogP) is 21.7. The van der Waals surface area contributed by atoms with Gasteiger partial charge in [-0.1, -0.05) is 222 Å². The van der Waals surface area contributed by atoms with Crippen LogP contribution < -0.4 is 0 Å². The van der Waals surface area contributed by atoms with E-state index in [1.165, 1.54) is 55.3 Å². The highest BCUT2D eigenvalue weighted by Crippen LogP contribution is 2.53. The maximum absolute atomic E-state index is 5.28. The van der Waals surface area contributed by atoms with Crippen LogP contribution in [0.25, 0.3) is 156 Å². The maximum atomic E-state index is 5.28. The number of nitrogens with zero attached hydrogens (tertiary/aromatic N) is 6. The molecule has 0 spiro atoms. The summed E-state index contributed by atoms with van der Waals surface area (Å²) in [6.07, 6.45) is 0. The molecule has 0 radical (unpaired) electrons. The standard InChI is InChI=1S/C86H60N6/c1-85(2)71-31-19-17-29-63(71)65-49-81-69(47-73(65)85)67-45-59(83-87-75(55-21-9-5-10-22-55)51-76(88-83)56-23-11-6-12-24-56)37-43-79(67)91(81)61-39-33-53(34-40-61)54-35-41-62(42-36-54)92-80-44-38-60(84-89-77(57-25-13-7-14-26-57)52-78(90-84)58-27-15-8-16-28-58)46-68(80)70-48-74-66(50-82(70)92)64-30-18-20-32-72(64)86(74,3)4/h5-52H,1-4H3. The van der Waals surface area contributed by atoms with Crippen LogP contribution in [0.5, 0.6) is 0 Å². The first kappa shape index (κ1) is 53.4. The third kappa shape index (κ3) is 8.40. The minimum Gasteiger partial charge on any atom is -0.309 e. The summed E-state index contributed by atoms with van der Waals surface area (Å²) in [4.78, 5) is 21.1. The smallest absolute Gasteiger partial charge is 0.160 e. The predicted molar refractivity (Wildman–Crippen MR) is 379 cm³/mol. The molecule has 4 heterocycles. The molecule has 0 aliphatic heterocycles. The van der Waals surface area contributed by atoms with E-state index in [4.69, 9.17) is 19.9 Å². The maximum Gasteiger partial charge on any atom is 0.160 e. The van der Waals surface area contributed by atoms with Gasteiger partial charge in [0.1, 0.15) is 0 Å². The zero-order valence-electron chi connectivity index (χ0n) is 51.4. The van der Waals surface area contributed by atoms with Crippen molar-refractivity contribution in [2.24, 2.45) is 0 Å². The van der Waals surface area contributed by atoms with Crippen LogP contribution in [0, 0.1) is 0 Å². The summed E-state index contributed by atoms with van der Waals surface area (Å²) >= 11 is 0. The molecule has 4 aromatic heterocycles. The molecule has 0 unspecified atom stereocenters.